The summed E-state index contributed by atoms with van der Waals surface area (Å²) in [5.74, 6) is 0. The fraction of sp³-hybridized carbons (Fsp3) is 0.400. The molecule has 84 valence electrons. The fourth-order valence-corrected chi connectivity index (χ4v) is 2.93. The van der Waals surface area contributed by atoms with E-state index in [9.17, 15) is 8.42 Å². The van der Waals surface area contributed by atoms with Crippen molar-refractivity contribution in [2.24, 2.45) is 0 Å². The lowest BCUT2D eigenvalue weighted by Gasteiger charge is -2.13. The van der Waals surface area contributed by atoms with Crippen LogP contribution >= 0.6 is 11.6 Å². The number of hydrogen-bond donors (Lipinski definition) is 0. The first-order valence-electron chi connectivity index (χ1n) is 4.54. The van der Waals surface area contributed by atoms with E-state index in [-0.39, 0.29) is 4.90 Å². The zero-order valence-electron chi connectivity index (χ0n) is 8.60. The molecule has 0 aliphatic heterocycles. The van der Waals surface area contributed by atoms with Crippen molar-refractivity contribution >= 4 is 21.4 Å². The second-order valence-corrected chi connectivity index (χ2v) is 5.60. The van der Waals surface area contributed by atoms with Gasteiger partial charge in [0, 0.05) is 12.1 Å². The van der Waals surface area contributed by atoms with E-state index in [0.29, 0.717) is 11.4 Å². The summed E-state index contributed by atoms with van der Waals surface area (Å²) < 4.78 is 28.8. The molecule has 0 saturated carbocycles. The normalized spacial score (nSPS) is 13.8. The molecule has 15 heavy (non-hydrogen) atoms. The molecular formula is C10H13ClO3S. The maximum absolute atomic E-state index is 11.9. The first-order valence-corrected chi connectivity index (χ1v) is 6.47. The predicted octanol–water partition coefficient (Wildman–Crippen LogP) is 2.50. The van der Waals surface area contributed by atoms with E-state index in [1.165, 1.54) is 19.2 Å². The number of sulfone groups is 1. The molecule has 0 heterocycles. The van der Waals surface area contributed by atoms with Crippen LogP contribution in [0, 0.1) is 0 Å². The van der Waals surface area contributed by atoms with E-state index in [2.05, 4.69) is 0 Å². The van der Waals surface area contributed by atoms with E-state index in [0.717, 1.165) is 0 Å². The molecule has 0 N–H and O–H groups in total. The molecule has 1 aromatic rings. The Bertz CT molecular complexity index is 407. The van der Waals surface area contributed by atoms with Gasteiger partial charge in [0.05, 0.1) is 4.90 Å². The molecule has 0 aromatic heterocycles. The van der Waals surface area contributed by atoms with E-state index in [1.54, 1.807) is 19.1 Å². The van der Waals surface area contributed by atoms with Crippen LogP contribution in [0.1, 0.15) is 13.3 Å². The third kappa shape index (κ3) is 2.71. The third-order valence-corrected chi connectivity index (χ3v) is 4.48. The van der Waals surface area contributed by atoms with Gasteiger partial charge in [-0.15, -0.1) is 0 Å². The summed E-state index contributed by atoms with van der Waals surface area (Å²) >= 11 is 5.68. The van der Waals surface area contributed by atoms with Gasteiger partial charge in [-0.05, 0) is 30.7 Å². The quantitative estimate of drug-likeness (QED) is 0.822. The van der Waals surface area contributed by atoms with Gasteiger partial charge in [0.25, 0.3) is 0 Å². The summed E-state index contributed by atoms with van der Waals surface area (Å²) in [6.07, 6.45) is 0.418. The summed E-state index contributed by atoms with van der Waals surface area (Å²) in [6, 6.07) is 6.08. The van der Waals surface area contributed by atoms with Crippen molar-refractivity contribution in [2.45, 2.75) is 23.7 Å². The zero-order valence-corrected chi connectivity index (χ0v) is 10.2. The highest BCUT2D eigenvalue weighted by Crippen LogP contribution is 2.20. The third-order valence-electron chi connectivity index (χ3n) is 2.08. The first kappa shape index (κ1) is 12.5. The molecule has 0 spiro atoms. The smallest absolute Gasteiger partial charge is 0.205 e. The van der Waals surface area contributed by atoms with Crippen molar-refractivity contribution < 1.29 is 13.2 Å². The molecule has 0 saturated heterocycles. The molecule has 1 atom stereocenters. The molecule has 0 fully saturated rings. The summed E-state index contributed by atoms with van der Waals surface area (Å²) in [4.78, 5) is 0.237. The lowest BCUT2D eigenvalue weighted by molar-refractivity contribution is 0.160. The van der Waals surface area contributed by atoms with E-state index in [4.69, 9.17) is 16.3 Å². The number of rotatable bonds is 4. The highest BCUT2D eigenvalue weighted by Gasteiger charge is 2.25. The lowest BCUT2D eigenvalue weighted by atomic mass is 10.4. The summed E-state index contributed by atoms with van der Waals surface area (Å²) in [5, 5.41) is 0.513. The molecule has 0 amide bonds. The fourth-order valence-electron chi connectivity index (χ4n) is 1.29. The van der Waals surface area contributed by atoms with Crippen molar-refractivity contribution in [3.63, 3.8) is 0 Å². The number of halogens is 1. The van der Waals surface area contributed by atoms with Gasteiger partial charge >= 0.3 is 0 Å². The van der Waals surface area contributed by atoms with Crippen molar-refractivity contribution in [3.05, 3.63) is 29.3 Å². The van der Waals surface area contributed by atoms with Crippen molar-refractivity contribution in [2.75, 3.05) is 7.11 Å². The highest BCUT2D eigenvalue weighted by atomic mass is 35.5. The lowest BCUT2D eigenvalue weighted by Crippen LogP contribution is -2.22. The Balaban J connectivity index is 3.11. The van der Waals surface area contributed by atoms with Gasteiger partial charge in [0.1, 0.15) is 0 Å². The Morgan fingerprint density at radius 1 is 1.33 bits per heavy atom. The summed E-state index contributed by atoms with van der Waals surface area (Å²) in [5.41, 5.74) is -0.793. The molecule has 1 unspecified atom stereocenters. The maximum atomic E-state index is 11.9. The van der Waals surface area contributed by atoms with Crippen LogP contribution in [0.25, 0.3) is 0 Å². The topological polar surface area (TPSA) is 43.4 Å². The van der Waals surface area contributed by atoms with Crippen LogP contribution in [-0.2, 0) is 14.6 Å². The number of methoxy groups -OCH3 is 1. The molecule has 5 heteroatoms. The highest BCUT2D eigenvalue weighted by molar-refractivity contribution is 7.91. The Labute approximate surface area is 94.9 Å². The SMILES string of the molecule is CCC(OC)S(=O)(=O)c1ccc(Cl)cc1. The van der Waals surface area contributed by atoms with Gasteiger partial charge < -0.3 is 4.74 Å². The van der Waals surface area contributed by atoms with Crippen LogP contribution in [0.15, 0.2) is 29.2 Å². The van der Waals surface area contributed by atoms with Gasteiger partial charge in [-0.2, -0.15) is 0 Å². The van der Waals surface area contributed by atoms with Gasteiger partial charge in [-0.1, -0.05) is 18.5 Å². The van der Waals surface area contributed by atoms with E-state index in [1.807, 2.05) is 0 Å². The van der Waals surface area contributed by atoms with E-state index >= 15 is 0 Å². The minimum Gasteiger partial charge on any atom is -0.365 e. The Morgan fingerprint density at radius 3 is 2.27 bits per heavy atom. The monoisotopic (exact) mass is 248 g/mol. The van der Waals surface area contributed by atoms with E-state index < -0.39 is 15.3 Å². The maximum Gasteiger partial charge on any atom is 0.205 e. The van der Waals surface area contributed by atoms with Gasteiger partial charge in [0.2, 0.25) is 9.84 Å². The standard InChI is InChI=1S/C10H13ClO3S/c1-3-10(14-2)15(12,13)9-6-4-8(11)5-7-9/h4-7,10H,3H2,1-2H3. The van der Waals surface area contributed by atoms with Gasteiger partial charge in [-0.3, -0.25) is 0 Å². The number of ether oxygens (including phenoxy) is 1. The molecule has 0 radical (unpaired) electrons. The van der Waals surface area contributed by atoms with Crippen LogP contribution in [0.5, 0.6) is 0 Å². The Hall–Kier alpha value is -0.580. The van der Waals surface area contributed by atoms with Crippen LogP contribution in [0.4, 0.5) is 0 Å². The molecule has 0 bridgehead atoms. The average molecular weight is 249 g/mol. The Kier molecular flexibility index (Phi) is 4.13. The minimum absolute atomic E-state index is 0.237. The van der Waals surface area contributed by atoms with Gasteiger partial charge in [0.15, 0.2) is 5.44 Å². The first-order chi connectivity index (χ1) is 7.02. The van der Waals surface area contributed by atoms with Crippen molar-refractivity contribution in [1.29, 1.82) is 0 Å². The predicted molar refractivity (Wildman–Crippen MR) is 59.7 cm³/mol. The van der Waals surface area contributed by atoms with Crippen molar-refractivity contribution in [1.82, 2.24) is 0 Å². The largest absolute Gasteiger partial charge is 0.365 e. The number of hydrogen-bond acceptors (Lipinski definition) is 3. The molecule has 1 aromatic carbocycles. The molecule has 1 rings (SSSR count). The Morgan fingerprint density at radius 2 is 1.87 bits per heavy atom. The van der Waals surface area contributed by atoms with Gasteiger partial charge in [-0.25, -0.2) is 8.42 Å². The average Bonchev–Trinajstić information content (AvgIpc) is 2.19. The molecular weight excluding hydrogens is 236 g/mol. The summed E-state index contributed by atoms with van der Waals surface area (Å²) in [7, 11) is -2.01. The molecule has 0 aliphatic rings. The van der Waals surface area contributed by atoms with Crippen LogP contribution < -0.4 is 0 Å². The second kappa shape index (κ2) is 4.96. The zero-order chi connectivity index (χ0) is 11.5. The van der Waals surface area contributed by atoms with Crippen LogP contribution in [-0.4, -0.2) is 21.0 Å². The van der Waals surface area contributed by atoms with Crippen LogP contribution in [0.2, 0.25) is 5.02 Å². The molecule has 3 nitrogen and oxygen atoms in total. The van der Waals surface area contributed by atoms with Crippen LogP contribution in [0.3, 0.4) is 0 Å². The minimum atomic E-state index is -3.40. The number of benzene rings is 1. The molecule has 0 aliphatic carbocycles. The summed E-state index contributed by atoms with van der Waals surface area (Å²) in [6.45, 7) is 1.77. The second-order valence-electron chi connectivity index (χ2n) is 3.07. The van der Waals surface area contributed by atoms with Crippen molar-refractivity contribution in [3.8, 4) is 0 Å².